The van der Waals surface area contributed by atoms with Crippen LogP contribution in [0, 0.1) is 0 Å². The van der Waals surface area contributed by atoms with Crippen LogP contribution in [0.4, 0.5) is 4.79 Å². The third kappa shape index (κ3) is 4.97. The number of nitrogens with zero attached hydrogens (tertiary/aromatic N) is 2. The van der Waals surface area contributed by atoms with Gasteiger partial charge in [0.2, 0.25) is 5.91 Å². The molecule has 24 heavy (non-hydrogen) atoms. The maximum absolute atomic E-state index is 11.5. The minimum Gasteiger partial charge on any atom is -0.357 e. The predicted molar refractivity (Wildman–Crippen MR) is 94.0 cm³/mol. The molecule has 0 spiro atoms. The number of carbonyl (C=O) groups excluding carboxylic acids is 2. The van der Waals surface area contributed by atoms with Gasteiger partial charge in [0.15, 0.2) is 5.96 Å². The summed E-state index contributed by atoms with van der Waals surface area (Å²) in [6, 6.07) is 9.91. The number of rotatable bonds is 7. The van der Waals surface area contributed by atoms with E-state index in [1.807, 2.05) is 25.1 Å². The largest absolute Gasteiger partial charge is 0.357 e. The van der Waals surface area contributed by atoms with E-state index in [2.05, 4.69) is 40.0 Å². The SMILES string of the molecule is CCNC(=NCC(C)c1ccccc1)NCCN1C(=O)CNC1=O. The highest BCUT2D eigenvalue weighted by Crippen LogP contribution is 2.14. The van der Waals surface area contributed by atoms with Crippen LogP contribution in [0.2, 0.25) is 0 Å². The number of imide groups is 1. The van der Waals surface area contributed by atoms with Crippen LogP contribution in [0.3, 0.4) is 0 Å². The van der Waals surface area contributed by atoms with Crippen LogP contribution in [-0.4, -0.2) is 55.5 Å². The van der Waals surface area contributed by atoms with E-state index in [9.17, 15) is 9.59 Å². The molecule has 1 aromatic carbocycles. The van der Waals surface area contributed by atoms with Gasteiger partial charge in [0.25, 0.3) is 0 Å². The van der Waals surface area contributed by atoms with Crippen LogP contribution in [0.1, 0.15) is 25.3 Å². The average molecular weight is 331 g/mol. The summed E-state index contributed by atoms with van der Waals surface area (Å²) >= 11 is 0. The molecule has 0 bridgehead atoms. The zero-order chi connectivity index (χ0) is 17.4. The molecule has 0 radical (unpaired) electrons. The summed E-state index contributed by atoms with van der Waals surface area (Å²) in [5.74, 6) is 0.807. The Bertz CT molecular complexity index is 572. The van der Waals surface area contributed by atoms with Crippen molar-refractivity contribution in [3.63, 3.8) is 0 Å². The van der Waals surface area contributed by atoms with E-state index in [0.29, 0.717) is 31.5 Å². The molecular formula is C17H25N5O2. The number of aliphatic imine (C=N–C) groups is 1. The molecule has 1 aliphatic rings. The molecule has 1 heterocycles. The fraction of sp³-hybridized carbons (Fsp3) is 0.471. The lowest BCUT2D eigenvalue weighted by Gasteiger charge is -2.16. The van der Waals surface area contributed by atoms with Crippen molar-refractivity contribution in [2.75, 3.05) is 32.7 Å². The summed E-state index contributed by atoms with van der Waals surface area (Å²) < 4.78 is 0. The number of hydrogen-bond donors (Lipinski definition) is 3. The Morgan fingerprint density at radius 1 is 1.29 bits per heavy atom. The maximum atomic E-state index is 11.5. The zero-order valence-corrected chi connectivity index (χ0v) is 14.2. The van der Waals surface area contributed by atoms with E-state index in [-0.39, 0.29) is 18.5 Å². The van der Waals surface area contributed by atoms with Gasteiger partial charge in [0.1, 0.15) is 0 Å². The van der Waals surface area contributed by atoms with E-state index in [1.54, 1.807) is 0 Å². The molecule has 1 aromatic rings. The van der Waals surface area contributed by atoms with Gasteiger partial charge in [-0.1, -0.05) is 37.3 Å². The number of hydrogen-bond acceptors (Lipinski definition) is 3. The van der Waals surface area contributed by atoms with E-state index in [0.717, 1.165) is 6.54 Å². The molecule has 3 N–H and O–H groups in total. The second kappa shape index (κ2) is 8.90. The first-order valence-corrected chi connectivity index (χ1v) is 8.27. The van der Waals surface area contributed by atoms with Crippen LogP contribution < -0.4 is 16.0 Å². The standard InChI is InChI=1S/C17H25N5O2/c1-3-18-16(19-9-10-22-15(23)12-21-17(22)24)20-11-13(2)14-7-5-4-6-8-14/h4-8,13H,3,9-12H2,1-2H3,(H,21,24)(H2,18,19,20). The van der Waals surface area contributed by atoms with Crippen LogP contribution in [0.25, 0.3) is 0 Å². The summed E-state index contributed by atoms with van der Waals surface area (Å²) in [4.78, 5) is 28.8. The Hall–Kier alpha value is -2.57. The van der Waals surface area contributed by atoms with Crippen LogP contribution in [-0.2, 0) is 4.79 Å². The summed E-state index contributed by atoms with van der Waals surface area (Å²) in [7, 11) is 0. The van der Waals surface area contributed by atoms with Crippen molar-refractivity contribution in [3.05, 3.63) is 35.9 Å². The van der Waals surface area contributed by atoms with Gasteiger partial charge in [-0.25, -0.2) is 4.79 Å². The molecule has 1 fully saturated rings. The van der Waals surface area contributed by atoms with E-state index in [4.69, 9.17) is 0 Å². The lowest BCUT2D eigenvalue weighted by atomic mass is 10.0. The minimum atomic E-state index is -0.332. The molecular weight excluding hydrogens is 306 g/mol. The predicted octanol–water partition coefficient (Wildman–Crippen LogP) is 0.897. The van der Waals surface area contributed by atoms with Crippen LogP contribution >= 0.6 is 0 Å². The van der Waals surface area contributed by atoms with E-state index >= 15 is 0 Å². The van der Waals surface area contributed by atoms with Crippen molar-refractivity contribution >= 4 is 17.9 Å². The quantitative estimate of drug-likeness (QED) is 0.394. The van der Waals surface area contributed by atoms with Crippen molar-refractivity contribution in [2.24, 2.45) is 4.99 Å². The second-order valence-corrected chi connectivity index (χ2v) is 5.66. The lowest BCUT2D eigenvalue weighted by molar-refractivity contribution is -0.124. The third-order valence-corrected chi connectivity index (χ3v) is 3.80. The van der Waals surface area contributed by atoms with Crippen molar-refractivity contribution in [3.8, 4) is 0 Å². The number of amides is 3. The Kier molecular flexibility index (Phi) is 6.60. The van der Waals surface area contributed by atoms with Gasteiger partial charge in [0, 0.05) is 32.1 Å². The van der Waals surface area contributed by atoms with Crippen LogP contribution in [0.15, 0.2) is 35.3 Å². The van der Waals surface area contributed by atoms with Gasteiger partial charge in [-0.05, 0) is 12.5 Å². The minimum absolute atomic E-state index is 0.0849. The number of urea groups is 1. The van der Waals surface area contributed by atoms with E-state index in [1.165, 1.54) is 10.5 Å². The second-order valence-electron chi connectivity index (χ2n) is 5.66. The van der Waals surface area contributed by atoms with E-state index < -0.39 is 0 Å². The number of nitrogens with one attached hydrogen (secondary N) is 3. The number of benzene rings is 1. The summed E-state index contributed by atoms with van der Waals surface area (Å²) in [5.41, 5.74) is 1.25. The smallest absolute Gasteiger partial charge is 0.324 e. The van der Waals surface area contributed by atoms with Gasteiger partial charge in [0.05, 0.1) is 6.54 Å². The fourth-order valence-electron chi connectivity index (χ4n) is 2.42. The normalized spacial score (nSPS) is 16.1. The molecule has 3 amide bonds. The Morgan fingerprint density at radius 3 is 2.67 bits per heavy atom. The molecule has 0 aliphatic carbocycles. The first kappa shape index (κ1) is 17.8. The first-order valence-electron chi connectivity index (χ1n) is 8.27. The highest BCUT2D eigenvalue weighted by molar-refractivity contribution is 6.01. The molecule has 1 unspecified atom stereocenters. The Balaban J connectivity index is 1.84. The highest BCUT2D eigenvalue weighted by atomic mass is 16.2. The van der Waals surface area contributed by atoms with Crippen molar-refractivity contribution in [1.29, 1.82) is 0 Å². The molecule has 7 heteroatoms. The van der Waals surface area contributed by atoms with Crippen LogP contribution in [0.5, 0.6) is 0 Å². The maximum Gasteiger partial charge on any atom is 0.324 e. The summed E-state index contributed by atoms with van der Waals surface area (Å²) in [6.45, 7) is 6.40. The third-order valence-electron chi connectivity index (χ3n) is 3.80. The van der Waals surface area contributed by atoms with Crippen molar-refractivity contribution < 1.29 is 9.59 Å². The van der Waals surface area contributed by atoms with Gasteiger partial charge >= 0.3 is 6.03 Å². The lowest BCUT2D eigenvalue weighted by Crippen LogP contribution is -2.43. The number of guanidine groups is 1. The molecule has 130 valence electrons. The molecule has 7 nitrogen and oxygen atoms in total. The highest BCUT2D eigenvalue weighted by Gasteiger charge is 2.27. The van der Waals surface area contributed by atoms with Gasteiger partial charge in [-0.15, -0.1) is 0 Å². The summed E-state index contributed by atoms with van der Waals surface area (Å²) in [5, 5.41) is 8.84. The first-order chi connectivity index (χ1) is 11.6. The Labute approximate surface area is 142 Å². The Morgan fingerprint density at radius 2 is 2.04 bits per heavy atom. The molecule has 1 saturated heterocycles. The topological polar surface area (TPSA) is 85.8 Å². The monoisotopic (exact) mass is 331 g/mol. The average Bonchev–Trinajstić information content (AvgIpc) is 2.92. The van der Waals surface area contributed by atoms with Crippen molar-refractivity contribution in [2.45, 2.75) is 19.8 Å². The fourth-order valence-corrected chi connectivity index (χ4v) is 2.42. The number of carbonyl (C=O) groups is 2. The zero-order valence-electron chi connectivity index (χ0n) is 14.2. The van der Waals surface area contributed by atoms with Gasteiger partial charge < -0.3 is 16.0 Å². The van der Waals surface area contributed by atoms with Gasteiger partial charge in [-0.2, -0.15) is 0 Å². The molecule has 0 aromatic heterocycles. The molecule has 0 saturated carbocycles. The molecule has 1 atom stereocenters. The molecule has 1 aliphatic heterocycles. The molecule has 2 rings (SSSR count). The summed E-state index contributed by atoms with van der Waals surface area (Å²) in [6.07, 6.45) is 0. The van der Waals surface area contributed by atoms with Gasteiger partial charge in [-0.3, -0.25) is 14.7 Å². The van der Waals surface area contributed by atoms with Crippen molar-refractivity contribution in [1.82, 2.24) is 20.9 Å².